The van der Waals surface area contributed by atoms with Gasteiger partial charge in [0, 0.05) is 5.02 Å². The molecule has 0 bridgehead atoms. The topological polar surface area (TPSA) is 66.5 Å². The van der Waals surface area contributed by atoms with E-state index in [-0.39, 0.29) is 23.4 Å². The summed E-state index contributed by atoms with van der Waals surface area (Å²) in [6, 6.07) is 22.6. The predicted molar refractivity (Wildman–Crippen MR) is 134 cm³/mol. The molecule has 0 aromatic heterocycles. The minimum atomic E-state index is -4.00. The monoisotopic (exact) mass is 484 g/mol. The Morgan fingerprint density at radius 2 is 1.55 bits per heavy atom. The van der Waals surface area contributed by atoms with E-state index in [4.69, 9.17) is 11.6 Å². The summed E-state index contributed by atoms with van der Waals surface area (Å²) in [7, 11) is -4.00. The number of hydrogen-bond acceptors (Lipinski definition) is 3. The fourth-order valence-electron chi connectivity index (χ4n) is 3.68. The molecule has 0 heterocycles. The molecule has 0 aliphatic heterocycles. The van der Waals surface area contributed by atoms with Crippen molar-refractivity contribution in [3.8, 4) is 0 Å². The number of rotatable bonds is 9. The van der Waals surface area contributed by atoms with Crippen molar-refractivity contribution in [3.05, 3.63) is 95.0 Å². The predicted octanol–water partition coefficient (Wildman–Crippen LogP) is 5.75. The Bertz CT molecular complexity index is 1180. The van der Waals surface area contributed by atoms with Crippen molar-refractivity contribution in [2.45, 2.75) is 38.1 Å². The Labute approximate surface area is 201 Å². The summed E-state index contributed by atoms with van der Waals surface area (Å²) in [5, 5.41) is 3.49. The van der Waals surface area contributed by atoms with Crippen LogP contribution in [0.3, 0.4) is 0 Å². The number of hydrogen-bond donors (Lipinski definition) is 1. The van der Waals surface area contributed by atoms with Gasteiger partial charge in [-0.3, -0.25) is 9.10 Å². The van der Waals surface area contributed by atoms with Crippen LogP contribution in [0.1, 0.15) is 37.4 Å². The number of amides is 1. The van der Waals surface area contributed by atoms with Gasteiger partial charge in [-0.15, -0.1) is 0 Å². The average Bonchev–Trinajstić information content (AvgIpc) is 2.78. The molecule has 0 saturated heterocycles. The standard InChI is InChI=1S/C26H29ClN2O3S/c1-19(2)17-24(21-10-5-4-6-11-21)28-26(30)18-29(25-12-8-7-9-20(25)3)33(31,32)23-15-13-22(27)14-16-23/h4-16,19,24H,17-18H2,1-3H3,(H,28,30). The van der Waals surface area contributed by atoms with E-state index in [9.17, 15) is 13.2 Å². The van der Waals surface area contributed by atoms with E-state index >= 15 is 0 Å². The molecule has 1 amide bonds. The molecule has 7 heteroatoms. The summed E-state index contributed by atoms with van der Waals surface area (Å²) >= 11 is 5.95. The van der Waals surface area contributed by atoms with Crippen molar-refractivity contribution >= 4 is 33.2 Å². The van der Waals surface area contributed by atoms with E-state index in [2.05, 4.69) is 19.2 Å². The van der Waals surface area contributed by atoms with Gasteiger partial charge in [-0.1, -0.05) is 74.0 Å². The van der Waals surface area contributed by atoms with Gasteiger partial charge in [-0.05, 0) is 60.7 Å². The van der Waals surface area contributed by atoms with Crippen molar-refractivity contribution in [2.24, 2.45) is 5.92 Å². The molecule has 0 saturated carbocycles. The van der Waals surface area contributed by atoms with Gasteiger partial charge in [-0.25, -0.2) is 8.42 Å². The SMILES string of the molecule is Cc1ccccc1N(CC(=O)NC(CC(C)C)c1ccccc1)S(=O)(=O)c1ccc(Cl)cc1. The van der Waals surface area contributed by atoms with Crippen molar-refractivity contribution in [2.75, 3.05) is 10.8 Å². The molecule has 1 N–H and O–H groups in total. The zero-order chi connectivity index (χ0) is 24.0. The lowest BCUT2D eigenvalue weighted by molar-refractivity contribution is -0.120. The van der Waals surface area contributed by atoms with E-state index in [1.165, 1.54) is 28.6 Å². The van der Waals surface area contributed by atoms with Crippen LogP contribution in [0.4, 0.5) is 5.69 Å². The molecule has 3 aromatic rings. The highest BCUT2D eigenvalue weighted by Gasteiger charge is 2.29. The van der Waals surface area contributed by atoms with Crippen LogP contribution in [0.15, 0.2) is 83.8 Å². The van der Waals surface area contributed by atoms with Crippen molar-refractivity contribution in [1.29, 1.82) is 0 Å². The second kappa shape index (κ2) is 10.9. The Morgan fingerprint density at radius 3 is 2.15 bits per heavy atom. The molecular weight excluding hydrogens is 456 g/mol. The summed E-state index contributed by atoms with van der Waals surface area (Å²) < 4.78 is 28.3. The zero-order valence-electron chi connectivity index (χ0n) is 19.0. The molecule has 0 aliphatic carbocycles. The number of carbonyl (C=O) groups is 1. The van der Waals surface area contributed by atoms with Gasteiger partial charge in [0.05, 0.1) is 16.6 Å². The Balaban J connectivity index is 1.94. The molecule has 1 unspecified atom stereocenters. The fraction of sp³-hybridized carbons (Fsp3) is 0.269. The van der Waals surface area contributed by atoms with Crippen molar-refractivity contribution in [3.63, 3.8) is 0 Å². The van der Waals surface area contributed by atoms with Gasteiger partial charge in [0.2, 0.25) is 5.91 Å². The van der Waals surface area contributed by atoms with Gasteiger partial charge in [0.25, 0.3) is 10.0 Å². The smallest absolute Gasteiger partial charge is 0.264 e. The number of anilines is 1. The number of nitrogens with zero attached hydrogens (tertiary/aromatic N) is 1. The maximum absolute atomic E-state index is 13.6. The molecule has 33 heavy (non-hydrogen) atoms. The van der Waals surface area contributed by atoms with E-state index in [1.54, 1.807) is 12.1 Å². The quantitative estimate of drug-likeness (QED) is 0.420. The van der Waals surface area contributed by atoms with Gasteiger partial charge < -0.3 is 5.32 Å². The average molecular weight is 485 g/mol. The third-order valence-corrected chi connectivity index (χ3v) is 7.34. The Hall–Kier alpha value is -2.83. The maximum Gasteiger partial charge on any atom is 0.264 e. The van der Waals surface area contributed by atoms with Gasteiger partial charge in [0.1, 0.15) is 6.54 Å². The molecule has 0 spiro atoms. The van der Waals surface area contributed by atoms with E-state index in [1.807, 2.05) is 49.4 Å². The third kappa shape index (κ3) is 6.36. The molecule has 0 aliphatic rings. The first-order valence-corrected chi connectivity index (χ1v) is 12.7. The molecule has 5 nitrogen and oxygen atoms in total. The first-order chi connectivity index (χ1) is 15.7. The number of halogens is 1. The van der Waals surface area contributed by atoms with Crippen LogP contribution in [-0.2, 0) is 14.8 Å². The minimum absolute atomic E-state index is 0.0738. The zero-order valence-corrected chi connectivity index (χ0v) is 20.6. The van der Waals surface area contributed by atoms with Crippen molar-refractivity contribution < 1.29 is 13.2 Å². The van der Waals surface area contributed by atoms with Crippen LogP contribution in [0, 0.1) is 12.8 Å². The second-order valence-corrected chi connectivity index (χ2v) is 10.7. The van der Waals surface area contributed by atoms with E-state index < -0.39 is 10.0 Å². The molecule has 0 radical (unpaired) electrons. The summed E-state index contributed by atoms with van der Waals surface area (Å²) in [5.41, 5.74) is 2.20. The highest BCUT2D eigenvalue weighted by molar-refractivity contribution is 7.92. The molecular formula is C26H29ClN2O3S. The molecule has 0 fully saturated rings. The van der Waals surface area contributed by atoms with E-state index in [0.717, 1.165) is 17.5 Å². The van der Waals surface area contributed by atoms with E-state index in [0.29, 0.717) is 16.6 Å². The molecule has 3 aromatic carbocycles. The number of para-hydroxylation sites is 1. The highest BCUT2D eigenvalue weighted by atomic mass is 35.5. The second-order valence-electron chi connectivity index (χ2n) is 8.41. The molecule has 3 rings (SSSR count). The lowest BCUT2D eigenvalue weighted by Gasteiger charge is -2.27. The number of nitrogens with one attached hydrogen (secondary N) is 1. The summed E-state index contributed by atoms with van der Waals surface area (Å²) in [6.07, 6.45) is 0.740. The van der Waals surface area contributed by atoms with Gasteiger partial charge >= 0.3 is 0 Å². The summed E-state index contributed by atoms with van der Waals surface area (Å²) in [6.45, 7) is 5.67. The number of sulfonamides is 1. The van der Waals surface area contributed by atoms with Crippen LogP contribution >= 0.6 is 11.6 Å². The lowest BCUT2D eigenvalue weighted by atomic mass is 9.97. The third-order valence-electron chi connectivity index (χ3n) is 5.32. The number of benzene rings is 3. The number of aryl methyl sites for hydroxylation is 1. The normalized spacial score (nSPS) is 12.4. The molecule has 174 valence electrons. The summed E-state index contributed by atoms with van der Waals surface area (Å²) in [5.74, 6) is -0.0222. The highest BCUT2D eigenvalue weighted by Crippen LogP contribution is 2.28. The lowest BCUT2D eigenvalue weighted by Crippen LogP contribution is -2.42. The molecule has 1 atom stereocenters. The first-order valence-electron chi connectivity index (χ1n) is 10.9. The van der Waals surface area contributed by atoms with Crippen LogP contribution in [0.2, 0.25) is 5.02 Å². The van der Waals surface area contributed by atoms with Gasteiger partial charge in [0.15, 0.2) is 0 Å². The maximum atomic E-state index is 13.6. The van der Waals surface area contributed by atoms with Gasteiger partial charge in [-0.2, -0.15) is 0 Å². The van der Waals surface area contributed by atoms with Crippen LogP contribution < -0.4 is 9.62 Å². The van der Waals surface area contributed by atoms with Crippen LogP contribution in [0.25, 0.3) is 0 Å². The number of carbonyl (C=O) groups excluding carboxylic acids is 1. The Morgan fingerprint density at radius 1 is 0.939 bits per heavy atom. The minimum Gasteiger partial charge on any atom is -0.348 e. The van der Waals surface area contributed by atoms with Crippen LogP contribution in [-0.4, -0.2) is 20.9 Å². The Kier molecular flexibility index (Phi) is 8.16. The van der Waals surface area contributed by atoms with Crippen molar-refractivity contribution in [1.82, 2.24) is 5.32 Å². The summed E-state index contributed by atoms with van der Waals surface area (Å²) in [4.78, 5) is 13.3. The fourth-order valence-corrected chi connectivity index (χ4v) is 5.29. The first kappa shape index (κ1) is 24.8. The van der Waals surface area contributed by atoms with Crippen LogP contribution in [0.5, 0.6) is 0 Å². The largest absolute Gasteiger partial charge is 0.348 e.